The summed E-state index contributed by atoms with van der Waals surface area (Å²) in [7, 11) is 1.92. The summed E-state index contributed by atoms with van der Waals surface area (Å²) < 4.78 is 11.9. The van der Waals surface area contributed by atoms with Crippen LogP contribution in [0.25, 0.3) is 32.9 Å². The molecule has 0 fully saturated rings. The van der Waals surface area contributed by atoms with Crippen LogP contribution in [-0.4, -0.2) is 59.0 Å². The highest BCUT2D eigenvalue weighted by atomic mass is 35.5. The Labute approximate surface area is 334 Å². The Hall–Kier alpha value is -5.65. The first-order chi connectivity index (χ1) is 26.8. The van der Waals surface area contributed by atoms with Crippen molar-refractivity contribution >= 4 is 62.6 Å². The summed E-state index contributed by atoms with van der Waals surface area (Å²) in [6.45, 7) is 10.9. The fraction of sp³-hybridized carbons (Fsp3) is 0.279. The van der Waals surface area contributed by atoms with Crippen molar-refractivity contribution in [2.45, 2.75) is 60.0 Å². The number of halogens is 2. The number of aromatic carboxylic acids is 1. The SMILES string of the molecule is Cc1cc(OCCCc2c3n(c4c(-c5c(C)nn(C)c5C)c(Cl)ccc24)C(C)CN(c2cccc4cc(C(=O)O)n(Cc5ncccn5)c24)C3=O)cc(C)c1Cl. The second kappa shape index (κ2) is 14.5. The molecule has 4 aromatic heterocycles. The number of nitrogens with zero attached hydrogens (tertiary/aromatic N) is 7. The Morgan fingerprint density at radius 2 is 1.70 bits per heavy atom. The predicted molar refractivity (Wildman–Crippen MR) is 220 cm³/mol. The fourth-order valence-electron chi connectivity index (χ4n) is 8.35. The lowest BCUT2D eigenvalue weighted by Gasteiger charge is -2.35. The molecule has 1 aliphatic heterocycles. The number of carboxylic acids is 1. The van der Waals surface area contributed by atoms with E-state index < -0.39 is 5.97 Å². The smallest absolute Gasteiger partial charge is 0.352 e. The third-order valence-corrected chi connectivity index (χ3v) is 11.8. The number of carboxylic acid groups (broad SMARTS) is 1. The van der Waals surface area contributed by atoms with E-state index >= 15 is 4.79 Å². The van der Waals surface area contributed by atoms with Crippen molar-refractivity contribution in [3.05, 3.63) is 122 Å². The van der Waals surface area contributed by atoms with Gasteiger partial charge in [0.1, 0.15) is 23.0 Å². The molecule has 1 amide bonds. The number of aromatic nitrogens is 6. The third-order valence-electron chi connectivity index (χ3n) is 10.9. The molecule has 0 bridgehead atoms. The normalized spacial score (nSPS) is 14.2. The molecule has 7 aromatic rings. The standard InChI is InChI=1S/C43H41Cl2N7O4/c1-23-18-29(19-24(2)38(23)45)56-17-8-11-30-31-13-14-32(44)37(36-26(4)48-49(6)27(36)5)40(31)52-25(3)21-51(42(53)41(30)52)33-12-7-10-28-20-34(43(54)55)50(39(28)33)22-35-46-15-9-16-47-35/h7,9-10,12-16,18-20,25H,8,11,17,21-22H2,1-6H3,(H,54,55). The highest BCUT2D eigenvalue weighted by molar-refractivity contribution is 6.35. The van der Waals surface area contributed by atoms with E-state index in [1.807, 2.05) is 81.9 Å². The van der Waals surface area contributed by atoms with Gasteiger partial charge in [0.05, 0.1) is 40.6 Å². The lowest BCUT2D eigenvalue weighted by atomic mass is 9.98. The summed E-state index contributed by atoms with van der Waals surface area (Å²) in [5, 5.41) is 18.0. The van der Waals surface area contributed by atoms with Crippen LogP contribution in [0, 0.1) is 27.7 Å². The topological polar surface area (TPSA) is 120 Å². The molecule has 0 spiro atoms. The number of carbonyl (C=O) groups excluding carboxylic acids is 1. The van der Waals surface area contributed by atoms with Crippen LogP contribution >= 0.6 is 23.2 Å². The van der Waals surface area contributed by atoms with Crippen molar-refractivity contribution in [2.75, 3.05) is 18.1 Å². The summed E-state index contributed by atoms with van der Waals surface area (Å²) in [5.74, 6) is -0.0627. The van der Waals surface area contributed by atoms with Crippen molar-refractivity contribution in [3.63, 3.8) is 0 Å². The van der Waals surface area contributed by atoms with Gasteiger partial charge in [-0.05, 0) is 101 Å². The van der Waals surface area contributed by atoms with Crippen LogP contribution in [0.4, 0.5) is 5.69 Å². The van der Waals surface area contributed by atoms with Crippen molar-refractivity contribution < 1.29 is 19.4 Å². The Kier molecular flexibility index (Phi) is 9.62. The van der Waals surface area contributed by atoms with E-state index in [1.165, 1.54) is 0 Å². The van der Waals surface area contributed by atoms with Crippen molar-refractivity contribution in [1.29, 1.82) is 0 Å². The van der Waals surface area contributed by atoms with E-state index in [-0.39, 0.29) is 24.2 Å². The lowest BCUT2D eigenvalue weighted by Crippen LogP contribution is -2.43. The maximum atomic E-state index is 15.3. The molecule has 1 aliphatic rings. The van der Waals surface area contributed by atoms with Gasteiger partial charge in [0.2, 0.25) is 0 Å². The number of rotatable bonds is 10. The first-order valence-corrected chi connectivity index (χ1v) is 19.3. The maximum Gasteiger partial charge on any atom is 0.352 e. The minimum Gasteiger partial charge on any atom is -0.494 e. The van der Waals surface area contributed by atoms with E-state index in [9.17, 15) is 9.90 Å². The van der Waals surface area contributed by atoms with Gasteiger partial charge in [0.15, 0.2) is 0 Å². The molecular weight excluding hydrogens is 749 g/mol. The molecule has 13 heteroatoms. The van der Waals surface area contributed by atoms with Crippen LogP contribution in [0.3, 0.4) is 0 Å². The molecule has 56 heavy (non-hydrogen) atoms. The molecule has 0 saturated heterocycles. The van der Waals surface area contributed by atoms with Crippen molar-refractivity contribution in [2.24, 2.45) is 7.05 Å². The second-order valence-corrected chi connectivity index (χ2v) is 15.4. The van der Waals surface area contributed by atoms with Gasteiger partial charge in [0.25, 0.3) is 5.91 Å². The minimum absolute atomic E-state index is 0.0831. The number of amides is 1. The number of para-hydroxylation sites is 1. The average molecular weight is 791 g/mol. The molecule has 11 nitrogen and oxygen atoms in total. The fourth-order valence-corrected chi connectivity index (χ4v) is 8.71. The van der Waals surface area contributed by atoms with E-state index in [2.05, 4.69) is 21.5 Å². The van der Waals surface area contributed by atoms with E-state index in [0.29, 0.717) is 59.1 Å². The predicted octanol–water partition coefficient (Wildman–Crippen LogP) is 9.31. The van der Waals surface area contributed by atoms with Gasteiger partial charge in [-0.2, -0.15) is 5.10 Å². The number of hydrogen-bond acceptors (Lipinski definition) is 6. The van der Waals surface area contributed by atoms with Crippen LogP contribution in [0.2, 0.25) is 10.0 Å². The number of hydrogen-bond donors (Lipinski definition) is 1. The summed E-state index contributed by atoms with van der Waals surface area (Å²) >= 11 is 13.5. The van der Waals surface area contributed by atoms with Gasteiger partial charge in [-0.25, -0.2) is 14.8 Å². The maximum absolute atomic E-state index is 15.3. The Morgan fingerprint density at radius 1 is 0.964 bits per heavy atom. The summed E-state index contributed by atoms with van der Waals surface area (Å²) in [6, 6.07) is 16.6. The number of anilines is 1. The summed E-state index contributed by atoms with van der Waals surface area (Å²) in [4.78, 5) is 38.4. The third kappa shape index (κ3) is 6.19. The second-order valence-electron chi connectivity index (χ2n) is 14.6. The number of fused-ring (bicyclic) bond motifs is 4. The monoisotopic (exact) mass is 789 g/mol. The van der Waals surface area contributed by atoms with Gasteiger partial charge in [0, 0.05) is 64.6 Å². The Bertz CT molecular complexity index is 2690. The van der Waals surface area contributed by atoms with Gasteiger partial charge >= 0.3 is 5.97 Å². The van der Waals surface area contributed by atoms with E-state index in [1.54, 1.807) is 34.0 Å². The number of benzene rings is 3. The van der Waals surface area contributed by atoms with Crippen LogP contribution in [0.5, 0.6) is 5.75 Å². The molecule has 0 saturated carbocycles. The van der Waals surface area contributed by atoms with Crippen LogP contribution < -0.4 is 9.64 Å². The lowest BCUT2D eigenvalue weighted by molar-refractivity contribution is 0.0686. The molecule has 1 atom stereocenters. The van der Waals surface area contributed by atoms with Gasteiger partial charge in [-0.1, -0.05) is 41.4 Å². The molecule has 1 unspecified atom stereocenters. The minimum atomic E-state index is -1.08. The average Bonchev–Trinajstić information content (AvgIpc) is 3.79. The Balaban J connectivity index is 1.28. The zero-order chi connectivity index (χ0) is 39.6. The molecular formula is C43H41Cl2N7O4. The van der Waals surface area contributed by atoms with E-state index in [4.69, 9.17) is 33.0 Å². The summed E-state index contributed by atoms with van der Waals surface area (Å²) in [5.41, 5.74) is 9.19. The molecule has 0 radical (unpaired) electrons. The highest BCUT2D eigenvalue weighted by Crippen LogP contribution is 2.46. The van der Waals surface area contributed by atoms with Crippen molar-refractivity contribution in [3.8, 4) is 16.9 Å². The molecule has 5 heterocycles. The molecule has 286 valence electrons. The van der Waals surface area contributed by atoms with Crippen molar-refractivity contribution in [1.82, 2.24) is 28.9 Å². The first-order valence-electron chi connectivity index (χ1n) is 18.5. The number of ether oxygens (including phenoxy) is 1. The zero-order valence-electron chi connectivity index (χ0n) is 32.0. The molecule has 1 N–H and O–H groups in total. The number of aryl methyl sites for hydroxylation is 5. The quantitative estimate of drug-likeness (QED) is 0.137. The zero-order valence-corrected chi connectivity index (χ0v) is 33.5. The molecule has 3 aromatic carbocycles. The highest BCUT2D eigenvalue weighted by Gasteiger charge is 2.38. The first kappa shape index (κ1) is 37.3. The Morgan fingerprint density at radius 3 is 2.38 bits per heavy atom. The molecule has 0 aliphatic carbocycles. The molecule has 8 rings (SSSR count). The van der Waals surface area contributed by atoms with E-state index in [0.717, 1.165) is 60.9 Å². The van der Waals surface area contributed by atoms with Crippen LogP contribution in [0.1, 0.15) is 74.3 Å². The largest absolute Gasteiger partial charge is 0.494 e. The van der Waals surface area contributed by atoms with Gasteiger partial charge in [-0.3, -0.25) is 9.48 Å². The van der Waals surface area contributed by atoms with Gasteiger partial charge < -0.3 is 23.9 Å². The number of carbonyl (C=O) groups is 2. The van der Waals surface area contributed by atoms with Crippen LogP contribution in [-0.2, 0) is 20.0 Å². The summed E-state index contributed by atoms with van der Waals surface area (Å²) in [6.07, 6.45) is 4.44. The van der Waals surface area contributed by atoms with Gasteiger partial charge in [-0.15, -0.1) is 0 Å². The van der Waals surface area contributed by atoms with Crippen LogP contribution in [0.15, 0.2) is 67.0 Å².